The Morgan fingerprint density at radius 1 is 1.25 bits per heavy atom. The number of rotatable bonds is 9. The Morgan fingerprint density at radius 3 is 2.31 bits per heavy atom. The first-order valence-corrected chi connectivity index (χ1v) is 6.41. The Hall–Kier alpha value is -0.120. The second-order valence-electron chi connectivity index (χ2n) is 5.29. The summed E-state index contributed by atoms with van der Waals surface area (Å²) in [5.41, 5.74) is 0.254. The molecule has 98 valence electrons. The van der Waals surface area contributed by atoms with Crippen LogP contribution in [0.1, 0.15) is 41.0 Å². The molecule has 1 N–H and O–H groups in total. The molecule has 0 radical (unpaired) electrons. The predicted molar refractivity (Wildman–Crippen MR) is 71.0 cm³/mol. The van der Waals surface area contributed by atoms with Gasteiger partial charge >= 0.3 is 0 Å². The maximum atomic E-state index is 5.13. The molecule has 0 aliphatic rings. The lowest BCUT2D eigenvalue weighted by atomic mass is 10.0. The second kappa shape index (κ2) is 8.04. The van der Waals surface area contributed by atoms with Crippen molar-refractivity contribution in [1.82, 2.24) is 10.2 Å². The third kappa shape index (κ3) is 7.20. The third-order valence-electron chi connectivity index (χ3n) is 3.20. The number of methoxy groups -OCH3 is 1. The molecule has 0 spiro atoms. The largest absolute Gasteiger partial charge is 0.383 e. The van der Waals surface area contributed by atoms with Crippen LogP contribution in [0, 0.1) is 0 Å². The van der Waals surface area contributed by atoms with Crippen molar-refractivity contribution in [2.75, 3.05) is 33.4 Å². The van der Waals surface area contributed by atoms with Crippen molar-refractivity contribution in [2.45, 2.75) is 52.6 Å². The van der Waals surface area contributed by atoms with Crippen molar-refractivity contribution in [1.29, 1.82) is 0 Å². The highest BCUT2D eigenvalue weighted by Gasteiger charge is 2.14. The first-order valence-electron chi connectivity index (χ1n) is 6.41. The van der Waals surface area contributed by atoms with Gasteiger partial charge in [-0.3, -0.25) is 4.90 Å². The molecule has 0 saturated heterocycles. The lowest BCUT2D eigenvalue weighted by molar-refractivity contribution is 0.128. The van der Waals surface area contributed by atoms with Crippen molar-refractivity contribution >= 4 is 0 Å². The number of ether oxygens (including phenoxy) is 1. The molecule has 0 amide bonds. The minimum atomic E-state index is 0.254. The van der Waals surface area contributed by atoms with Gasteiger partial charge in [0, 0.05) is 38.3 Å². The number of nitrogens with one attached hydrogen (secondary N) is 1. The molecule has 0 fully saturated rings. The summed E-state index contributed by atoms with van der Waals surface area (Å²) in [7, 11) is 1.76. The van der Waals surface area contributed by atoms with E-state index in [4.69, 9.17) is 4.74 Å². The fourth-order valence-corrected chi connectivity index (χ4v) is 1.50. The Labute approximate surface area is 102 Å². The molecule has 0 bridgehead atoms. The molecule has 0 aromatic heterocycles. The molecule has 3 heteroatoms. The standard InChI is InChI=1S/C13H30N2O/c1-7-13(4,5)14-8-9-15(12(2)3)10-11-16-6/h12,14H,7-11H2,1-6H3. The Kier molecular flexibility index (Phi) is 7.98. The van der Waals surface area contributed by atoms with Gasteiger partial charge in [-0.15, -0.1) is 0 Å². The number of hydrogen-bond donors (Lipinski definition) is 1. The third-order valence-corrected chi connectivity index (χ3v) is 3.20. The summed E-state index contributed by atoms with van der Waals surface area (Å²) in [6.07, 6.45) is 1.16. The average molecular weight is 230 g/mol. The fourth-order valence-electron chi connectivity index (χ4n) is 1.50. The highest BCUT2D eigenvalue weighted by atomic mass is 16.5. The van der Waals surface area contributed by atoms with Crippen LogP contribution in [-0.2, 0) is 4.74 Å². The summed E-state index contributed by atoms with van der Waals surface area (Å²) in [6, 6.07) is 0.585. The topological polar surface area (TPSA) is 24.5 Å². The van der Waals surface area contributed by atoms with Gasteiger partial charge in [0.25, 0.3) is 0 Å². The normalized spacial score (nSPS) is 12.8. The van der Waals surface area contributed by atoms with Gasteiger partial charge in [0.05, 0.1) is 6.61 Å². The van der Waals surface area contributed by atoms with E-state index in [9.17, 15) is 0 Å². The molecule has 0 aliphatic heterocycles. The molecular weight excluding hydrogens is 200 g/mol. The smallest absolute Gasteiger partial charge is 0.0589 e. The van der Waals surface area contributed by atoms with Crippen molar-refractivity contribution in [3.8, 4) is 0 Å². The highest BCUT2D eigenvalue weighted by molar-refractivity contribution is 4.76. The lowest BCUT2D eigenvalue weighted by Gasteiger charge is -2.30. The van der Waals surface area contributed by atoms with Gasteiger partial charge in [0.2, 0.25) is 0 Å². The molecule has 0 heterocycles. The fraction of sp³-hybridized carbons (Fsp3) is 1.00. The average Bonchev–Trinajstić information content (AvgIpc) is 2.22. The number of hydrogen-bond acceptors (Lipinski definition) is 3. The zero-order valence-corrected chi connectivity index (χ0v) is 12.0. The van der Waals surface area contributed by atoms with Crippen molar-refractivity contribution in [3.05, 3.63) is 0 Å². The minimum absolute atomic E-state index is 0.254. The molecule has 0 saturated carbocycles. The van der Waals surface area contributed by atoms with Crippen LogP contribution in [0.4, 0.5) is 0 Å². The van der Waals surface area contributed by atoms with Crippen molar-refractivity contribution in [2.24, 2.45) is 0 Å². The maximum absolute atomic E-state index is 5.13. The molecular formula is C13H30N2O. The predicted octanol–water partition coefficient (Wildman–Crippen LogP) is 2.12. The summed E-state index contributed by atoms with van der Waals surface area (Å²) in [4.78, 5) is 2.45. The molecule has 0 aliphatic carbocycles. The van der Waals surface area contributed by atoms with E-state index in [0.717, 1.165) is 32.7 Å². The van der Waals surface area contributed by atoms with E-state index in [1.54, 1.807) is 7.11 Å². The van der Waals surface area contributed by atoms with Gasteiger partial charge in [-0.2, -0.15) is 0 Å². The first kappa shape index (κ1) is 15.9. The zero-order valence-electron chi connectivity index (χ0n) is 12.0. The van der Waals surface area contributed by atoms with Crippen LogP contribution >= 0.6 is 0 Å². The molecule has 0 unspecified atom stereocenters. The first-order chi connectivity index (χ1) is 7.43. The molecule has 3 nitrogen and oxygen atoms in total. The van der Waals surface area contributed by atoms with E-state index in [2.05, 4.69) is 44.8 Å². The molecule has 0 rings (SSSR count). The van der Waals surface area contributed by atoms with Gasteiger partial charge < -0.3 is 10.1 Å². The minimum Gasteiger partial charge on any atom is -0.383 e. The monoisotopic (exact) mass is 230 g/mol. The molecule has 0 aromatic carbocycles. The summed E-state index contributed by atoms with van der Waals surface area (Å²) >= 11 is 0. The van der Waals surface area contributed by atoms with E-state index in [0.29, 0.717) is 6.04 Å². The maximum Gasteiger partial charge on any atom is 0.0589 e. The lowest BCUT2D eigenvalue weighted by Crippen LogP contribution is -2.45. The summed E-state index contributed by atoms with van der Waals surface area (Å²) in [6.45, 7) is 15.2. The van der Waals surface area contributed by atoms with Crippen molar-refractivity contribution in [3.63, 3.8) is 0 Å². The van der Waals surface area contributed by atoms with Crippen LogP contribution in [0.3, 0.4) is 0 Å². The number of nitrogens with zero attached hydrogens (tertiary/aromatic N) is 1. The zero-order chi connectivity index (χ0) is 12.6. The van der Waals surface area contributed by atoms with Gasteiger partial charge in [-0.05, 0) is 34.1 Å². The Bertz CT molecular complexity index is 169. The summed E-state index contributed by atoms with van der Waals surface area (Å²) < 4.78 is 5.13. The highest BCUT2D eigenvalue weighted by Crippen LogP contribution is 2.06. The van der Waals surface area contributed by atoms with Crippen LogP contribution in [0.2, 0.25) is 0 Å². The van der Waals surface area contributed by atoms with E-state index >= 15 is 0 Å². The van der Waals surface area contributed by atoms with Crippen LogP contribution in [0.25, 0.3) is 0 Å². The van der Waals surface area contributed by atoms with Gasteiger partial charge in [-0.1, -0.05) is 6.92 Å². The molecule has 16 heavy (non-hydrogen) atoms. The quantitative estimate of drug-likeness (QED) is 0.656. The SMILES string of the molecule is CCC(C)(C)NCCN(CCOC)C(C)C. The van der Waals surface area contributed by atoms with Crippen LogP contribution in [-0.4, -0.2) is 49.8 Å². The van der Waals surface area contributed by atoms with Crippen LogP contribution in [0.5, 0.6) is 0 Å². The van der Waals surface area contributed by atoms with E-state index in [-0.39, 0.29) is 5.54 Å². The Balaban J connectivity index is 3.84. The summed E-state index contributed by atoms with van der Waals surface area (Å²) in [5.74, 6) is 0. The summed E-state index contributed by atoms with van der Waals surface area (Å²) in [5, 5.41) is 3.59. The van der Waals surface area contributed by atoms with E-state index in [1.807, 2.05) is 0 Å². The van der Waals surface area contributed by atoms with Gasteiger partial charge in [0.1, 0.15) is 0 Å². The molecule has 0 aromatic rings. The van der Waals surface area contributed by atoms with E-state index in [1.165, 1.54) is 0 Å². The van der Waals surface area contributed by atoms with Crippen molar-refractivity contribution < 1.29 is 4.74 Å². The molecule has 0 atom stereocenters. The van der Waals surface area contributed by atoms with Gasteiger partial charge in [0.15, 0.2) is 0 Å². The van der Waals surface area contributed by atoms with Crippen LogP contribution < -0.4 is 5.32 Å². The Morgan fingerprint density at radius 2 is 1.88 bits per heavy atom. The van der Waals surface area contributed by atoms with Gasteiger partial charge in [-0.25, -0.2) is 0 Å². The second-order valence-corrected chi connectivity index (χ2v) is 5.29. The van der Waals surface area contributed by atoms with Crippen LogP contribution in [0.15, 0.2) is 0 Å². The van der Waals surface area contributed by atoms with E-state index < -0.39 is 0 Å².